The largest absolute Gasteiger partial charge is 0.465 e. The predicted octanol–water partition coefficient (Wildman–Crippen LogP) is 2.72. The number of ether oxygens (including phenoxy) is 1. The molecule has 0 unspecified atom stereocenters. The summed E-state index contributed by atoms with van der Waals surface area (Å²) in [6.07, 6.45) is 1.70. The van der Waals surface area contributed by atoms with Crippen molar-refractivity contribution in [2.75, 3.05) is 7.11 Å². The molecule has 3 rings (SSSR count). The number of para-hydroxylation sites is 1. The number of esters is 1. The number of pyridine rings is 1. The number of nitrogens with one attached hydrogen (secondary N) is 1. The maximum absolute atomic E-state index is 12.0. The number of aromatic nitrogens is 3. The first-order valence-corrected chi connectivity index (χ1v) is 6.19. The van der Waals surface area contributed by atoms with Crippen molar-refractivity contribution in [3.05, 3.63) is 47.8 Å². The van der Waals surface area contributed by atoms with Crippen LogP contribution in [0.4, 0.5) is 0 Å². The van der Waals surface area contributed by atoms with Crippen molar-refractivity contribution < 1.29 is 9.53 Å². The van der Waals surface area contributed by atoms with Crippen molar-refractivity contribution in [2.24, 2.45) is 0 Å². The molecule has 0 fully saturated rings. The van der Waals surface area contributed by atoms with Crippen molar-refractivity contribution in [3.8, 4) is 11.3 Å². The van der Waals surface area contributed by atoms with Gasteiger partial charge in [0.05, 0.1) is 30.1 Å². The molecule has 0 bridgehead atoms. The third kappa shape index (κ3) is 1.93. The van der Waals surface area contributed by atoms with Gasteiger partial charge in [-0.25, -0.2) is 9.78 Å². The van der Waals surface area contributed by atoms with Crippen molar-refractivity contribution >= 4 is 16.9 Å². The zero-order chi connectivity index (χ0) is 14.1. The maximum Gasteiger partial charge on any atom is 0.338 e. The zero-order valence-corrected chi connectivity index (χ0v) is 11.2. The number of hydrogen-bond acceptors (Lipinski definition) is 4. The minimum absolute atomic E-state index is 0.369. The Morgan fingerprint density at radius 2 is 2.10 bits per heavy atom. The molecule has 1 aromatic carbocycles. The van der Waals surface area contributed by atoms with E-state index in [0.29, 0.717) is 11.3 Å². The van der Waals surface area contributed by atoms with Crippen LogP contribution < -0.4 is 0 Å². The molecular weight excluding hydrogens is 254 g/mol. The first kappa shape index (κ1) is 12.3. The molecular formula is C15H13N3O2. The Balaban J connectivity index is 2.31. The molecule has 20 heavy (non-hydrogen) atoms. The Bertz CT molecular complexity index is 793. The number of nitrogens with zero attached hydrogens (tertiary/aromatic N) is 2. The monoisotopic (exact) mass is 267 g/mol. The van der Waals surface area contributed by atoms with E-state index in [4.69, 9.17) is 4.74 Å². The van der Waals surface area contributed by atoms with Crippen LogP contribution in [0.5, 0.6) is 0 Å². The molecule has 5 heteroatoms. The van der Waals surface area contributed by atoms with Gasteiger partial charge in [0.2, 0.25) is 0 Å². The highest BCUT2D eigenvalue weighted by molar-refractivity contribution is 6.04. The number of carbonyl (C=O) groups is 1. The average molecular weight is 267 g/mol. The highest BCUT2D eigenvalue weighted by atomic mass is 16.5. The van der Waals surface area contributed by atoms with E-state index in [1.165, 1.54) is 7.11 Å². The summed E-state index contributed by atoms with van der Waals surface area (Å²) in [6, 6.07) is 9.24. The number of hydrogen-bond donors (Lipinski definition) is 1. The van der Waals surface area contributed by atoms with Gasteiger partial charge in [0.1, 0.15) is 0 Å². The van der Waals surface area contributed by atoms with Gasteiger partial charge < -0.3 is 4.74 Å². The summed E-state index contributed by atoms with van der Waals surface area (Å²) in [5.74, 6) is -0.369. The van der Waals surface area contributed by atoms with Gasteiger partial charge >= 0.3 is 5.97 Å². The summed E-state index contributed by atoms with van der Waals surface area (Å²) < 4.78 is 4.86. The average Bonchev–Trinajstić information content (AvgIpc) is 2.91. The fourth-order valence-corrected chi connectivity index (χ4v) is 2.20. The fraction of sp³-hybridized carbons (Fsp3) is 0.133. The number of aryl methyl sites for hydroxylation is 1. The number of fused-ring (bicyclic) bond motifs is 1. The van der Waals surface area contributed by atoms with Crippen LogP contribution in [0.25, 0.3) is 22.2 Å². The Hall–Kier alpha value is -2.69. The van der Waals surface area contributed by atoms with Crippen molar-refractivity contribution in [1.82, 2.24) is 15.2 Å². The smallest absolute Gasteiger partial charge is 0.338 e. The van der Waals surface area contributed by atoms with E-state index in [0.717, 1.165) is 22.2 Å². The Labute approximate surface area is 115 Å². The summed E-state index contributed by atoms with van der Waals surface area (Å²) in [4.78, 5) is 16.5. The van der Waals surface area contributed by atoms with Gasteiger partial charge in [-0.3, -0.25) is 5.10 Å². The molecule has 0 radical (unpaired) electrons. The molecule has 0 aliphatic heterocycles. The van der Waals surface area contributed by atoms with Gasteiger partial charge in [-0.1, -0.05) is 18.2 Å². The van der Waals surface area contributed by atoms with Gasteiger partial charge in [0.25, 0.3) is 0 Å². The first-order chi connectivity index (χ1) is 9.70. The van der Waals surface area contributed by atoms with Crippen LogP contribution in [0.2, 0.25) is 0 Å². The van der Waals surface area contributed by atoms with Crippen LogP contribution in [0.3, 0.4) is 0 Å². The van der Waals surface area contributed by atoms with Gasteiger partial charge in [-0.15, -0.1) is 0 Å². The third-order valence-electron chi connectivity index (χ3n) is 3.23. The molecule has 2 aromatic heterocycles. The zero-order valence-electron chi connectivity index (χ0n) is 11.2. The lowest BCUT2D eigenvalue weighted by atomic mass is 10.0. The lowest BCUT2D eigenvalue weighted by Crippen LogP contribution is -2.03. The van der Waals surface area contributed by atoms with E-state index in [9.17, 15) is 4.79 Å². The van der Waals surface area contributed by atoms with Crippen LogP contribution >= 0.6 is 0 Å². The second-order valence-electron chi connectivity index (χ2n) is 4.47. The predicted molar refractivity (Wildman–Crippen MR) is 75.4 cm³/mol. The van der Waals surface area contributed by atoms with Crippen LogP contribution in [0, 0.1) is 6.92 Å². The van der Waals surface area contributed by atoms with E-state index in [2.05, 4.69) is 15.2 Å². The topological polar surface area (TPSA) is 67.9 Å². The molecule has 0 amide bonds. The maximum atomic E-state index is 12.0. The van der Waals surface area contributed by atoms with Crippen LogP contribution in [0.15, 0.2) is 36.5 Å². The Morgan fingerprint density at radius 3 is 2.80 bits per heavy atom. The molecule has 3 aromatic rings. The first-order valence-electron chi connectivity index (χ1n) is 6.19. The van der Waals surface area contributed by atoms with Gasteiger partial charge in [-0.05, 0) is 19.1 Å². The summed E-state index contributed by atoms with van der Waals surface area (Å²) >= 11 is 0. The van der Waals surface area contributed by atoms with E-state index in [1.807, 2.05) is 31.2 Å². The number of rotatable bonds is 2. The molecule has 0 saturated carbocycles. The normalized spacial score (nSPS) is 10.7. The van der Waals surface area contributed by atoms with E-state index >= 15 is 0 Å². The molecule has 0 aliphatic carbocycles. The molecule has 2 heterocycles. The minimum atomic E-state index is -0.369. The SMILES string of the molecule is COC(=O)c1cc(-c2cn[nH]c2C)nc2ccccc12. The highest BCUT2D eigenvalue weighted by Gasteiger charge is 2.15. The van der Waals surface area contributed by atoms with Crippen molar-refractivity contribution in [3.63, 3.8) is 0 Å². The lowest BCUT2D eigenvalue weighted by molar-refractivity contribution is 0.0603. The molecule has 0 atom stereocenters. The quantitative estimate of drug-likeness (QED) is 0.725. The summed E-state index contributed by atoms with van der Waals surface area (Å²) in [5.41, 5.74) is 3.75. The number of H-pyrrole nitrogens is 1. The lowest BCUT2D eigenvalue weighted by Gasteiger charge is -2.07. The molecule has 0 spiro atoms. The number of benzene rings is 1. The number of aromatic amines is 1. The van der Waals surface area contributed by atoms with E-state index in [1.54, 1.807) is 12.3 Å². The van der Waals surface area contributed by atoms with Crippen LogP contribution in [-0.2, 0) is 4.74 Å². The van der Waals surface area contributed by atoms with Crippen LogP contribution in [-0.4, -0.2) is 28.3 Å². The van der Waals surface area contributed by atoms with Gasteiger partial charge in [0.15, 0.2) is 0 Å². The molecule has 0 aliphatic rings. The van der Waals surface area contributed by atoms with Crippen molar-refractivity contribution in [1.29, 1.82) is 0 Å². The number of carbonyl (C=O) groups excluding carboxylic acids is 1. The summed E-state index contributed by atoms with van der Waals surface area (Å²) in [7, 11) is 1.38. The summed E-state index contributed by atoms with van der Waals surface area (Å²) in [5, 5.41) is 7.65. The Morgan fingerprint density at radius 1 is 1.30 bits per heavy atom. The highest BCUT2D eigenvalue weighted by Crippen LogP contribution is 2.26. The number of methoxy groups -OCH3 is 1. The minimum Gasteiger partial charge on any atom is -0.465 e. The molecule has 100 valence electrons. The Kier molecular flexibility index (Phi) is 2.95. The second kappa shape index (κ2) is 4.77. The van der Waals surface area contributed by atoms with Crippen LogP contribution in [0.1, 0.15) is 16.1 Å². The molecule has 5 nitrogen and oxygen atoms in total. The van der Waals surface area contributed by atoms with Gasteiger partial charge in [-0.2, -0.15) is 5.10 Å². The molecule has 0 saturated heterocycles. The van der Waals surface area contributed by atoms with Crippen molar-refractivity contribution in [2.45, 2.75) is 6.92 Å². The molecule has 1 N–H and O–H groups in total. The second-order valence-corrected chi connectivity index (χ2v) is 4.47. The van der Waals surface area contributed by atoms with Gasteiger partial charge in [0, 0.05) is 16.6 Å². The fourth-order valence-electron chi connectivity index (χ4n) is 2.20. The van der Waals surface area contributed by atoms with E-state index < -0.39 is 0 Å². The third-order valence-corrected chi connectivity index (χ3v) is 3.23. The standard InChI is InChI=1S/C15H13N3O2/c1-9-12(8-16-18-9)14-7-11(15(19)20-2)10-5-3-4-6-13(10)17-14/h3-8H,1-2H3,(H,16,18). The van der Waals surface area contributed by atoms with E-state index in [-0.39, 0.29) is 5.97 Å². The summed E-state index contributed by atoms with van der Waals surface area (Å²) in [6.45, 7) is 1.91.